The number of fused-ring (bicyclic) bond motifs is 1. The van der Waals surface area contributed by atoms with Gasteiger partial charge in [-0.15, -0.1) is 0 Å². The zero-order valence-electron chi connectivity index (χ0n) is 15.0. The van der Waals surface area contributed by atoms with Gasteiger partial charge in [0.25, 0.3) is 11.8 Å². The van der Waals surface area contributed by atoms with E-state index >= 15 is 0 Å². The Kier molecular flexibility index (Phi) is 4.12. The Bertz CT molecular complexity index is 1100. The van der Waals surface area contributed by atoms with Crippen LogP contribution in [0, 0.1) is 0 Å². The second-order valence-electron chi connectivity index (χ2n) is 6.27. The van der Waals surface area contributed by atoms with Gasteiger partial charge in [0.1, 0.15) is 11.4 Å². The Hall–Kier alpha value is -3.60. The van der Waals surface area contributed by atoms with Crippen molar-refractivity contribution in [3.63, 3.8) is 0 Å². The number of anilines is 1. The number of hydrogen-bond donors (Lipinski definition) is 1. The maximum atomic E-state index is 12.8. The quantitative estimate of drug-likeness (QED) is 0.723. The Morgan fingerprint density at radius 2 is 1.56 bits per heavy atom. The highest BCUT2D eigenvalue weighted by atomic mass is 16.5. The number of methoxy groups -OCH3 is 1. The number of amides is 2. The molecule has 0 radical (unpaired) electrons. The first-order valence-electron chi connectivity index (χ1n) is 8.56. The molecule has 4 rings (SSSR count). The fraction of sp³-hybridized carbons (Fsp3) is 0.0909. The first-order chi connectivity index (χ1) is 13.1. The smallest absolute Gasteiger partial charge is 0.277 e. The van der Waals surface area contributed by atoms with Crippen LogP contribution in [0.5, 0.6) is 5.75 Å². The molecule has 0 unspecified atom stereocenters. The molecule has 0 aliphatic carbocycles. The molecule has 2 amide bonds. The van der Waals surface area contributed by atoms with Crippen LogP contribution < -0.4 is 10.1 Å². The number of hydrogen-bond acceptors (Lipinski definition) is 4. The first-order valence-corrected chi connectivity index (χ1v) is 8.56. The van der Waals surface area contributed by atoms with Gasteiger partial charge in [0.2, 0.25) is 0 Å². The van der Waals surface area contributed by atoms with Gasteiger partial charge in [-0.05, 0) is 17.5 Å². The number of carbonyl (C=O) groups is 2. The molecule has 3 aromatic rings. The van der Waals surface area contributed by atoms with Gasteiger partial charge < -0.3 is 10.1 Å². The Labute approximate surface area is 156 Å². The minimum atomic E-state index is -0.367. The lowest BCUT2D eigenvalue weighted by Gasteiger charge is -2.12. The van der Waals surface area contributed by atoms with Crippen molar-refractivity contribution in [2.75, 3.05) is 19.5 Å². The summed E-state index contributed by atoms with van der Waals surface area (Å²) in [7, 11) is 3.03. The second-order valence-corrected chi connectivity index (χ2v) is 6.27. The van der Waals surface area contributed by atoms with E-state index < -0.39 is 0 Å². The molecule has 0 fully saturated rings. The van der Waals surface area contributed by atoms with Crippen molar-refractivity contribution in [2.45, 2.75) is 0 Å². The molecule has 0 aromatic heterocycles. The van der Waals surface area contributed by atoms with Crippen LogP contribution in [-0.4, -0.2) is 30.9 Å². The molecule has 1 N–H and O–H groups in total. The molecule has 0 bridgehead atoms. The highest BCUT2D eigenvalue weighted by Gasteiger charge is 2.38. The first kappa shape index (κ1) is 16.8. The molecule has 1 aliphatic rings. The predicted octanol–water partition coefficient (Wildman–Crippen LogP) is 3.67. The average Bonchev–Trinajstić information content (AvgIpc) is 2.92. The summed E-state index contributed by atoms with van der Waals surface area (Å²) in [4.78, 5) is 26.7. The SMILES string of the molecule is COc1ccccc1C1=C(Nc2cccc3ccccc23)C(=O)N(C)C1=O. The molecule has 1 heterocycles. The zero-order valence-corrected chi connectivity index (χ0v) is 15.0. The van der Waals surface area contributed by atoms with Gasteiger partial charge in [-0.3, -0.25) is 14.5 Å². The fourth-order valence-electron chi connectivity index (χ4n) is 3.33. The molecular formula is C22H18N2O3. The molecule has 27 heavy (non-hydrogen) atoms. The van der Waals surface area contributed by atoms with Crippen LogP contribution in [0.1, 0.15) is 5.56 Å². The number of para-hydroxylation sites is 1. The molecule has 1 aliphatic heterocycles. The van der Waals surface area contributed by atoms with Gasteiger partial charge in [0.05, 0.1) is 12.7 Å². The summed E-state index contributed by atoms with van der Waals surface area (Å²) in [6.45, 7) is 0. The number of imide groups is 1. The zero-order chi connectivity index (χ0) is 19.0. The third kappa shape index (κ3) is 2.73. The number of benzene rings is 3. The number of ether oxygens (including phenoxy) is 1. The standard InChI is InChI=1S/C22H18N2O3/c1-24-21(25)19(16-11-5-6-13-18(16)27-2)20(22(24)26)23-17-12-7-9-14-8-3-4-10-15(14)17/h3-13,23H,1-2H3. The van der Waals surface area contributed by atoms with Gasteiger partial charge >= 0.3 is 0 Å². The lowest BCUT2D eigenvalue weighted by atomic mass is 10.0. The fourth-order valence-corrected chi connectivity index (χ4v) is 3.33. The Morgan fingerprint density at radius 1 is 0.852 bits per heavy atom. The van der Waals surface area contributed by atoms with Crippen molar-refractivity contribution < 1.29 is 14.3 Å². The van der Waals surface area contributed by atoms with Crippen molar-refractivity contribution >= 4 is 33.8 Å². The van der Waals surface area contributed by atoms with Crippen LogP contribution in [0.3, 0.4) is 0 Å². The number of rotatable bonds is 4. The summed E-state index contributed by atoms with van der Waals surface area (Å²) in [6, 6.07) is 20.9. The van der Waals surface area contributed by atoms with E-state index in [9.17, 15) is 9.59 Å². The summed E-state index contributed by atoms with van der Waals surface area (Å²) < 4.78 is 5.40. The minimum Gasteiger partial charge on any atom is -0.496 e. The van der Waals surface area contributed by atoms with Crippen molar-refractivity contribution in [1.29, 1.82) is 0 Å². The van der Waals surface area contributed by atoms with Crippen LogP contribution in [0.4, 0.5) is 5.69 Å². The molecule has 0 saturated carbocycles. The molecule has 0 saturated heterocycles. The van der Waals surface area contributed by atoms with Crippen molar-refractivity contribution in [1.82, 2.24) is 4.90 Å². The maximum Gasteiger partial charge on any atom is 0.277 e. The monoisotopic (exact) mass is 358 g/mol. The third-order valence-electron chi connectivity index (χ3n) is 4.71. The molecule has 5 heteroatoms. The van der Waals surface area contributed by atoms with E-state index in [-0.39, 0.29) is 17.5 Å². The van der Waals surface area contributed by atoms with Crippen LogP contribution in [-0.2, 0) is 9.59 Å². The highest BCUT2D eigenvalue weighted by Crippen LogP contribution is 2.35. The van der Waals surface area contributed by atoms with E-state index in [1.807, 2.05) is 54.6 Å². The van der Waals surface area contributed by atoms with Crippen LogP contribution >= 0.6 is 0 Å². The lowest BCUT2D eigenvalue weighted by molar-refractivity contribution is -0.135. The number of nitrogens with zero attached hydrogens (tertiary/aromatic N) is 1. The van der Waals surface area contributed by atoms with Gasteiger partial charge in [-0.1, -0.05) is 54.6 Å². The summed E-state index contributed by atoms with van der Waals surface area (Å²) in [6.07, 6.45) is 0. The van der Waals surface area contributed by atoms with Crippen molar-refractivity contribution in [3.8, 4) is 5.75 Å². The largest absolute Gasteiger partial charge is 0.496 e. The van der Waals surface area contributed by atoms with Gasteiger partial charge in [-0.2, -0.15) is 0 Å². The second kappa shape index (κ2) is 6.61. The Morgan fingerprint density at radius 3 is 2.37 bits per heavy atom. The lowest BCUT2D eigenvalue weighted by Crippen LogP contribution is -2.27. The van der Waals surface area contributed by atoms with E-state index in [0.29, 0.717) is 16.9 Å². The van der Waals surface area contributed by atoms with E-state index in [1.54, 1.807) is 19.2 Å². The predicted molar refractivity (Wildman–Crippen MR) is 105 cm³/mol. The van der Waals surface area contributed by atoms with E-state index in [2.05, 4.69) is 5.32 Å². The molecule has 134 valence electrons. The van der Waals surface area contributed by atoms with Crippen molar-refractivity contribution in [3.05, 3.63) is 78.0 Å². The van der Waals surface area contributed by atoms with E-state index in [1.165, 1.54) is 7.05 Å². The number of likely N-dealkylation sites (N-methyl/N-ethyl adjacent to an activating group) is 1. The summed E-state index contributed by atoms with van der Waals surface area (Å²) in [5, 5.41) is 5.23. The van der Waals surface area contributed by atoms with E-state index in [4.69, 9.17) is 4.74 Å². The molecule has 0 atom stereocenters. The average molecular weight is 358 g/mol. The Balaban J connectivity index is 1.90. The molecular weight excluding hydrogens is 340 g/mol. The number of nitrogens with one attached hydrogen (secondary N) is 1. The normalized spacial score (nSPS) is 14.2. The highest BCUT2D eigenvalue weighted by molar-refractivity contribution is 6.37. The van der Waals surface area contributed by atoms with Crippen LogP contribution in [0.15, 0.2) is 72.4 Å². The molecule has 5 nitrogen and oxygen atoms in total. The van der Waals surface area contributed by atoms with Gasteiger partial charge in [0.15, 0.2) is 0 Å². The molecule has 0 spiro atoms. The van der Waals surface area contributed by atoms with Gasteiger partial charge in [-0.25, -0.2) is 0 Å². The summed E-state index contributed by atoms with van der Waals surface area (Å²) in [5.74, 6) is -0.178. The van der Waals surface area contributed by atoms with Gasteiger partial charge in [0, 0.05) is 23.7 Å². The molecule has 3 aromatic carbocycles. The summed E-state index contributed by atoms with van der Waals surface area (Å²) in [5.41, 5.74) is 1.92. The van der Waals surface area contributed by atoms with Crippen molar-refractivity contribution in [2.24, 2.45) is 0 Å². The van der Waals surface area contributed by atoms with E-state index in [0.717, 1.165) is 21.4 Å². The number of carbonyl (C=O) groups excluding carboxylic acids is 2. The van der Waals surface area contributed by atoms with Crippen LogP contribution in [0.25, 0.3) is 16.3 Å². The maximum absolute atomic E-state index is 12.8. The third-order valence-corrected chi connectivity index (χ3v) is 4.71. The minimum absolute atomic E-state index is 0.253. The summed E-state index contributed by atoms with van der Waals surface area (Å²) >= 11 is 0. The van der Waals surface area contributed by atoms with Crippen LogP contribution in [0.2, 0.25) is 0 Å². The topological polar surface area (TPSA) is 58.6 Å².